The van der Waals surface area contributed by atoms with Gasteiger partial charge in [0.1, 0.15) is 0 Å². The number of carbonyl (C=O) groups is 2. The van der Waals surface area contributed by atoms with Crippen LogP contribution >= 0.6 is 0 Å². The Balaban J connectivity index is 2.23. The van der Waals surface area contributed by atoms with Crippen molar-refractivity contribution < 1.29 is 27.5 Å². The van der Waals surface area contributed by atoms with Gasteiger partial charge in [-0.2, -0.15) is 13.2 Å². The van der Waals surface area contributed by atoms with Crippen molar-refractivity contribution in [2.45, 2.75) is 19.2 Å². The quantitative estimate of drug-likeness (QED) is 0.860. The van der Waals surface area contributed by atoms with Crippen molar-refractivity contribution >= 4 is 17.6 Å². The number of ether oxygens (including phenoxy) is 1. The summed E-state index contributed by atoms with van der Waals surface area (Å²) in [6.07, 6.45) is -5.77. The molecule has 0 spiro atoms. The normalized spacial score (nSPS) is 12.3. The Morgan fingerprint density at radius 1 is 1.04 bits per heavy atom. The molecule has 0 aliphatic rings. The molecule has 4 nitrogen and oxygen atoms in total. The molecule has 0 aliphatic heterocycles. The second-order valence-corrected chi connectivity index (χ2v) is 4.97. The first-order valence-corrected chi connectivity index (χ1v) is 6.97. The maximum Gasteiger partial charge on any atom is 0.416 e. The number of esters is 1. The lowest BCUT2D eigenvalue weighted by molar-refractivity contribution is -0.152. The number of anilines is 1. The van der Waals surface area contributed by atoms with E-state index < -0.39 is 29.7 Å². The van der Waals surface area contributed by atoms with Gasteiger partial charge in [0.25, 0.3) is 5.91 Å². The fourth-order valence-electron chi connectivity index (χ4n) is 2.05. The molecule has 0 saturated heterocycles. The standard InChI is InChI=1S/C17H14F3NO3/c1-11(22)24-15(12-6-3-2-4-7-12)16(23)21-14-9-5-8-13(10-14)17(18,19)20/h2-10,15H,1H3,(H,21,23). The van der Waals surface area contributed by atoms with Crippen LogP contribution < -0.4 is 5.32 Å². The van der Waals surface area contributed by atoms with Crippen LogP contribution in [0.4, 0.5) is 18.9 Å². The molecular weight excluding hydrogens is 323 g/mol. The first kappa shape index (κ1) is 17.5. The summed E-state index contributed by atoms with van der Waals surface area (Å²) in [6, 6.07) is 12.4. The van der Waals surface area contributed by atoms with Gasteiger partial charge < -0.3 is 10.1 Å². The molecule has 2 rings (SSSR count). The molecule has 2 aromatic rings. The van der Waals surface area contributed by atoms with Gasteiger partial charge in [0.15, 0.2) is 0 Å². The Bertz CT molecular complexity index is 729. The van der Waals surface area contributed by atoms with E-state index in [4.69, 9.17) is 4.74 Å². The van der Waals surface area contributed by atoms with Gasteiger partial charge in [-0.05, 0) is 18.2 Å². The number of amides is 1. The van der Waals surface area contributed by atoms with Crippen molar-refractivity contribution in [2.24, 2.45) is 0 Å². The zero-order valence-electron chi connectivity index (χ0n) is 12.6. The molecule has 0 radical (unpaired) electrons. The average Bonchev–Trinajstić information content (AvgIpc) is 2.52. The average molecular weight is 337 g/mol. The largest absolute Gasteiger partial charge is 0.447 e. The number of benzene rings is 2. The molecule has 0 fully saturated rings. The van der Waals surface area contributed by atoms with Gasteiger partial charge >= 0.3 is 12.1 Å². The Labute approximate surface area is 136 Å². The third kappa shape index (κ3) is 4.58. The highest BCUT2D eigenvalue weighted by Crippen LogP contribution is 2.31. The fraction of sp³-hybridized carbons (Fsp3) is 0.176. The second kappa shape index (κ2) is 7.16. The molecule has 0 bridgehead atoms. The van der Waals surface area contributed by atoms with Crippen molar-refractivity contribution in [3.63, 3.8) is 0 Å². The van der Waals surface area contributed by atoms with Gasteiger partial charge in [0.05, 0.1) is 5.56 Å². The second-order valence-electron chi connectivity index (χ2n) is 4.97. The van der Waals surface area contributed by atoms with Crippen LogP contribution in [0.5, 0.6) is 0 Å². The molecule has 0 aromatic heterocycles. The summed E-state index contributed by atoms with van der Waals surface area (Å²) in [6.45, 7) is 1.15. The van der Waals surface area contributed by atoms with E-state index in [0.717, 1.165) is 19.1 Å². The van der Waals surface area contributed by atoms with E-state index in [9.17, 15) is 22.8 Å². The number of alkyl halides is 3. The van der Waals surface area contributed by atoms with Crippen molar-refractivity contribution in [3.8, 4) is 0 Å². The lowest BCUT2D eigenvalue weighted by Crippen LogP contribution is -2.25. The zero-order valence-corrected chi connectivity index (χ0v) is 12.6. The van der Waals surface area contributed by atoms with E-state index in [1.807, 2.05) is 0 Å². The van der Waals surface area contributed by atoms with Crippen LogP contribution in [-0.2, 0) is 20.5 Å². The van der Waals surface area contributed by atoms with E-state index in [1.165, 1.54) is 12.1 Å². The van der Waals surface area contributed by atoms with Crippen molar-refractivity contribution in [2.75, 3.05) is 5.32 Å². The molecule has 0 saturated carbocycles. The molecule has 0 heterocycles. The topological polar surface area (TPSA) is 55.4 Å². The van der Waals surface area contributed by atoms with E-state index in [1.54, 1.807) is 30.3 Å². The Hall–Kier alpha value is -2.83. The van der Waals surface area contributed by atoms with Crippen LogP contribution in [-0.4, -0.2) is 11.9 Å². The van der Waals surface area contributed by atoms with Crippen molar-refractivity contribution in [1.82, 2.24) is 0 Å². The van der Waals surface area contributed by atoms with Gasteiger partial charge in [0.2, 0.25) is 6.10 Å². The van der Waals surface area contributed by atoms with Gasteiger partial charge in [-0.3, -0.25) is 9.59 Å². The predicted octanol–water partition coefficient (Wildman–Crippen LogP) is 3.95. The molecule has 126 valence electrons. The van der Waals surface area contributed by atoms with Crippen LogP contribution in [0, 0.1) is 0 Å². The van der Waals surface area contributed by atoms with Gasteiger partial charge in [0, 0.05) is 18.2 Å². The van der Waals surface area contributed by atoms with Gasteiger partial charge in [-0.25, -0.2) is 0 Å². The molecule has 1 amide bonds. The maximum absolute atomic E-state index is 12.7. The highest BCUT2D eigenvalue weighted by molar-refractivity contribution is 5.96. The number of halogens is 3. The molecule has 1 atom stereocenters. The smallest absolute Gasteiger partial charge is 0.416 e. The summed E-state index contributed by atoms with van der Waals surface area (Å²) in [5.41, 5.74) is -0.510. The summed E-state index contributed by atoms with van der Waals surface area (Å²) in [5, 5.41) is 2.34. The molecule has 2 aromatic carbocycles. The fourth-order valence-corrected chi connectivity index (χ4v) is 2.05. The van der Waals surface area contributed by atoms with Crippen LogP contribution in [0.15, 0.2) is 54.6 Å². The summed E-state index contributed by atoms with van der Waals surface area (Å²) in [7, 11) is 0. The first-order valence-electron chi connectivity index (χ1n) is 6.97. The first-order chi connectivity index (χ1) is 11.3. The van der Waals surface area contributed by atoms with Crippen LogP contribution in [0.3, 0.4) is 0 Å². The predicted molar refractivity (Wildman–Crippen MR) is 81.0 cm³/mol. The summed E-state index contributed by atoms with van der Waals surface area (Å²) >= 11 is 0. The van der Waals surface area contributed by atoms with Crippen molar-refractivity contribution in [1.29, 1.82) is 0 Å². The Morgan fingerprint density at radius 2 is 1.71 bits per heavy atom. The highest BCUT2D eigenvalue weighted by Gasteiger charge is 2.31. The van der Waals surface area contributed by atoms with Crippen LogP contribution in [0.2, 0.25) is 0 Å². The molecule has 7 heteroatoms. The zero-order chi connectivity index (χ0) is 17.7. The van der Waals surface area contributed by atoms with E-state index in [0.29, 0.717) is 5.56 Å². The van der Waals surface area contributed by atoms with Crippen molar-refractivity contribution in [3.05, 3.63) is 65.7 Å². The molecular formula is C17H14F3NO3. The SMILES string of the molecule is CC(=O)OC(C(=O)Nc1cccc(C(F)(F)F)c1)c1ccccc1. The van der Waals surface area contributed by atoms with Crippen LogP contribution in [0.25, 0.3) is 0 Å². The lowest BCUT2D eigenvalue weighted by atomic mass is 10.1. The Morgan fingerprint density at radius 3 is 2.29 bits per heavy atom. The van der Waals surface area contributed by atoms with Gasteiger partial charge in [-0.15, -0.1) is 0 Å². The van der Waals surface area contributed by atoms with E-state index in [-0.39, 0.29) is 5.69 Å². The number of hydrogen-bond acceptors (Lipinski definition) is 3. The summed E-state index contributed by atoms with van der Waals surface area (Å²) < 4.78 is 43.2. The summed E-state index contributed by atoms with van der Waals surface area (Å²) in [5.74, 6) is -1.42. The van der Waals surface area contributed by atoms with Gasteiger partial charge in [-0.1, -0.05) is 36.4 Å². The molecule has 24 heavy (non-hydrogen) atoms. The third-order valence-corrected chi connectivity index (χ3v) is 3.08. The highest BCUT2D eigenvalue weighted by atomic mass is 19.4. The summed E-state index contributed by atoms with van der Waals surface area (Å²) in [4.78, 5) is 23.6. The molecule has 1 unspecified atom stereocenters. The lowest BCUT2D eigenvalue weighted by Gasteiger charge is -2.17. The minimum Gasteiger partial charge on any atom is -0.447 e. The number of hydrogen-bond donors (Lipinski definition) is 1. The monoisotopic (exact) mass is 337 g/mol. The minimum absolute atomic E-state index is 0.0390. The molecule has 1 N–H and O–H groups in total. The third-order valence-electron chi connectivity index (χ3n) is 3.08. The number of rotatable bonds is 4. The van der Waals surface area contributed by atoms with Crippen LogP contribution in [0.1, 0.15) is 24.2 Å². The maximum atomic E-state index is 12.7. The number of carbonyl (C=O) groups excluding carboxylic acids is 2. The molecule has 0 aliphatic carbocycles. The Kier molecular flexibility index (Phi) is 5.23. The number of nitrogens with one attached hydrogen (secondary N) is 1. The van der Waals surface area contributed by atoms with E-state index >= 15 is 0 Å². The minimum atomic E-state index is -4.52. The van der Waals surface area contributed by atoms with E-state index in [2.05, 4.69) is 5.32 Å².